The second kappa shape index (κ2) is 4.33. The number of hydrogen-bond acceptors (Lipinski definition) is 6. The van der Waals surface area contributed by atoms with Crippen LogP contribution in [0.15, 0.2) is 55.4 Å². The first-order chi connectivity index (χ1) is 13.4. The van der Waals surface area contributed by atoms with E-state index in [9.17, 15) is 0 Å². The third-order valence-electron chi connectivity index (χ3n) is 4.92. The van der Waals surface area contributed by atoms with Crippen LogP contribution in [-0.4, -0.2) is 43.1 Å². The maximum atomic E-state index is 4.84. The molecule has 7 heterocycles. The molecule has 0 spiro atoms. The van der Waals surface area contributed by atoms with E-state index in [1.807, 2.05) is 31.4 Å². The molecule has 9 nitrogen and oxygen atoms in total. The number of hydrogen-bond donors (Lipinski definition) is 0. The molecule has 0 N–H and O–H groups in total. The smallest absolute Gasteiger partial charge is 0.225 e. The average Bonchev–Trinajstić information content (AvgIpc) is 3.38. The van der Waals surface area contributed by atoms with Gasteiger partial charge in [-0.1, -0.05) is 0 Å². The van der Waals surface area contributed by atoms with Crippen LogP contribution in [0.25, 0.3) is 50.4 Å². The van der Waals surface area contributed by atoms with Crippen molar-refractivity contribution in [2.45, 2.75) is 0 Å². The van der Waals surface area contributed by atoms with Crippen LogP contribution in [0.5, 0.6) is 0 Å². The number of rotatable bonds is 0. The van der Waals surface area contributed by atoms with Gasteiger partial charge in [0, 0.05) is 18.6 Å². The Hall–Kier alpha value is -4.14. The van der Waals surface area contributed by atoms with E-state index in [0.717, 1.165) is 50.4 Å². The first kappa shape index (κ1) is 13.1. The fraction of sp³-hybridized carbons (Fsp3) is 0. The van der Waals surface area contributed by atoms with Gasteiger partial charge in [0.2, 0.25) is 17.3 Å². The zero-order chi connectivity index (χ0) is 17.5. The number of pyridine rings is 3. The van der Waals surface area contributed by atoms with Crippen molar-refractivity contribution in [1.82, 2.24) is 43.1 Å². The zero-order valence-corrected chi connectivity index (χ0v) is 13.7. The Morgan fingerprint density at radius 2 is 0.815 bits per heavy atom. The predicted molar refractivity (Wildman–Crippen MR) is 98.6 cm³/mol. The molecular weight excluding hydrogens is 342 g/mol. The van der Waals surface area contributed by atoms with Crippen molar-refractivity contribution in [2.24, 2.45) is 0 Å². The molecule has 0 radical (unpaired) electrons. The number of imidazole rings is 3. The summed E-state index contributed by atoms with van der Waals surface area (Å²) in [6.07, 6.45) is 10.6. The van der Waals surface area contributed by atoms with Crippen molar-refractivity contribution < 1.29 is 0 Å². The molecule has 0 saturated carbocycles. The van der Waals surface area contributed by atoms with Gasteiger partial charge in [0.1, 0.15) is 0 Å². The molecule has 0 fully saturated rings. The van der Waals surface area contributed by atoms with E-state index < -0.39 is 0 Å². The summed E-state index contributed by atoms with van der Waals surface area (Å²) in [5.41, 5.74) is 5.18. The van der Waals surface area contributed by atoms with Crippen molar-refractivity contribution in [2.75, 3.05) is 0 Å². The van der Waals surface area contributed by atoms with Crippen LogP contribution in [0.1, 0.15) is 0 Å². The Balaban J connectivity index is 1.95. The molecule has 0 aliphatic rings. The minimum absolute atomic E-state index is 0.722. The van der Waals surface area contributed by atoms with Crippen LogP contribution < -0.4 is 0 Å². The normalized spacial score (nSPS) is 12.4. The summed E-state index contributed by atoms with van der Waals surface area (Å²) in [5, 5.41) is 0. The van der Waals surface area contributed by atoms with E-state index in [-0.39, 0.29) is 0 Å². The average molecular weight is 351 g/mol. The third kappa shape index (κ3) is 1.46. The van der Waals surface area contributed by atoms with Crippen LogP contribution in [0.3, 0.4) is 0 Å². The van der Waals surface area contributed by atoms with Gasteiger partial charge in [0.15, 0.2) is 0 Å². The topological polar surface area (TPSA) is 90.6 Å². The lowest BCUT2D eigenvalue weighted by Crippen LogP contribution is -2.04. The molecule has 0 unspecified atom stereocenters. The third-order valence-corrected chi connectivity index (χ3v) is 4.92. The Kier molecular flexibility index (Phi) is 2.10. The van der Waals surface area contributed by atoms with E-state index in [2.05, 4.69) is 15.0 Å². The van der Waals surface area contributed by atoms with Gasteiger partial charge in [-0.15, -0.1) is 0 Å². The van der Waals surface area contributed by atoms with Gasteiger partial charge in [0.05, 0.1) is 51.7 Å². The van der Waals surface area contributed by atoms with Gasteiger partial charge in [-0.3, -0.25) is 15.0 Å². The second-order valence-electron chi connectivity index (χ2n) is 6.33. The molecule has 0 amide bonds. The first-order valence-electron chi connectivity index (χ1n) is 8.39. The molecule has 7 aromatic rings. The quantitative estimate of drug-likeness (QED) is 0.416. The Bertz CT molecular complexity index is 1450. The SMILES string of the molecule is c1cc2nc3n(c2cn1)c1nc2ccncc2n1c1nc2ccncc2n31. The van der Waals surface area contributed by atoms with Gasteiger partial charge in [-0.25, -0.2) is 28.2 Å². The Morgan fingerprint density at radius 1 is 0.481 bits per heavy atom. The van der Waals surface area contributed by atoms with E-state index in [1.54, 1.807) is 37.2 Å². The van der Waals surface area contributed by atoms with E-state index >= 15 is 0 Å². The molecule has 7 rings (SSSR count). The first-order valence-corrected chi connectivity index (χ1v) is 8.39. The molecule has 0 aromatic carbocycles. The van der Waals surface area contributed by atoms with Crippen molar-refractivity contribution in [3.8, 4) is 0 Å². The number of fused-ring (bicyclic) bond motifs is 12. The van der Waals surface area contributed by atoms with Crippen molar-refractivity contribution >= 4 is 50.4 Å². The lowest BCUT2D eigenvalue weighted by Gasteiger charge is -2.04. The molecule has 9 heteroatoms. The van der Waals surface area contributed by atoms with Crippen molar-refractivity contribution in [3.63, 3.8) is 0 Å². The maximum Gasteiger partial charge on any atom is 0.225 e. The lowest BCUT2D eigenvalue weighted by molar-refractivity contribution is 1.01. The van der Waals surface area contributed by atoms with E-state index in [0.29, 0.717) is 0 Å². The van der Waals surface area contributed by atoms with E-state index in [1.165, 1.54) is 0 Å². The van der Waals surface area contributed by atoms with Gasteiger partial charge < -0.3 is 0 Å². The summed E-state index contributed by atoms with van der Waals surface area (Å²) in [7, 11) is 0. The van der Waals surface area contributed by atoms with Crippen LogP contribution in [0.4, 0.5) is 0 Å². The van der Waals surface area contributed by atoms with Gasteiger partial charge >= 0.3 is 0 Å². The number of aromatic nitrogens is 9. The molecule has 126 valence electrons. The Labute approximate surface area is 149 Å². The molecule has 0 bridgehead atoms. The fourth-order valence-electron chi connectivity index (χ4n) is 3.77. The molecule has 0 atom stereocenters. The molecule has 7 aromatic heterocycles. The standard InChI is InChI=1S/C18H9N9/c1-4-19-7-13-10(1)22-16-25(13)17-23-12-3-6-21-9-15(12)27(17)18-24-11-2-5-20-8-14(11)26(16)18/h1-9H. The van der Waals surface area contributed by atoms with Crippen LogP contribution in [0, 0.1) is 0 Å². The lowest BCUT2D eigenvalue weighted by atomic mass is 10.4. The van der Waals surface area contributed by atoms with Crippen LogP contribution in [-0.2, 0) is 0 Å². The highest BCUT2D eigenvalue weighted by atomic mass is 15.3. The van der Waals surface area contributed by atoms with Gasteiger partial charge in [-0.05, 0) is 18.2 Å². The fourth-order valence-corrected chi connectivity index (χ4v) is 3.77. The summed E-state index contributed by atoms with van der Waals surface area (Å²) in [6.45, 7) is 0. The van der Waals surface area contributed by atoms with Gasteiger partial charge in [0.25, 0.3) is 0 Å². The molecule has 0 aliphatic heterocycles. The minimum atomic E-state index is 0.722. The summed E-state index contributed by atoms with van der Waals surface area (Å²) >= 11 is 0. The Morgan fingerprint density at radius 3 is 1.15 bits per heavy atom. The molecular formula is C18H9N9. The van der Waals surface area contributed by atoms with Crippen molar-refractivity contribution in [1.29, 1.82) is 0 Å². The van der Waals surface area contributed by atoms with Crippen LogP contribution in [0.2, 0.25) is 0 Å². The number of nitrogens with zero attached hydrogens (tertiary/aromatic N) is 9. The van der Waals surface area contributed by atoms with E-state index in [4.69, 9.17) is 15.0 Å². The summed E-state index contributed by atoms with van der Waals surface area (Å²) in [6, 6.07) is 5.69. The molecule has 0 aliphatic carbocycles. The largest absolute Gasteiger partial charge is 0.262 e. The minimum Gasteiger partial charge on any atom is -0.262 e. The van der Waals surface area contributed by atoms with Gasteiger partial charge in [-0.2, -0.15) is 0 Å². The maximum absolute atomic E-state index is 4.84. The molecule has 0 saturated heterocycles. The summed E-state index contributed by atoms with van der Waals surface area (Å²) in [4.78, 5) is 27.3. The summed E-state index contributed by atoms with van der Waals surface area (Å²) < 4.78 is 6.01. The van der Waals surface area contributed by atoms with Crippen molar-refractivity contribution in [3.05, 3.63) is 55.4 Å². The summed E-state index contributed by atoms with van der Waals surface area (Å²) in [5.74, 6) is 2.16. The highest BCUT2D eigenvalue weighted by Crippen LogP contribution is 2.27. The van der Waals surface area contributed by atoms with Crippen LogP contribution >= 0.6 is 0 Å². The highest BCUT2D eigenvalue weighted by Gasteiger charge is 2.20. The second-order valence-corrected chi connectivity index (χ2v) is 6.33. The molecule has 27 heavy (non-hydrogen) atoms. The monoisotopic (exact) mass is 351 g/mol. The zero-order valence-electron chi connectivity index (χ0n) is 13.7. The highest BCUT2D eigenvalue weighted by molar-refractivity contribution is 5.90. The predicted octanol–water partition coefficient (Wildman–Crippen LogP) is 2.27.